The van der Waals surface area contributed by atoms with Crippen LogP contribution in [0.15, 0.2) is 41.1 Å². The Balaban J connectivity index is 1.85. The number of fused-ring (bicyclic) bond motifs is 1. The third-order valence-electron chi connectivity index (χ3n) is 3.87. The van der Waals surface area contributed by atoms with Crippen LogP contribution in [0, 0.1) is 6.92 Å². The third kappa shape index (κ3) is 3.49. The van der Waals surface area contributed by atoms with Gasteiger partial charge in [-0.1, -0.05) is 0 Å². The molecule has 0 saturated heterocycles. The molecule has 2 heterocycles. The largest absolute Gasteiger partial charge is 0.461 e. The van der Waals surface area contributed by atoms with Gasteiger partial charge in [0, 0.05) is 50.0 Å². The number of aryl methyl sites for hydroxylation is 2. The molecule has 0 fully saturated rings. The van der Waals surface area contributed by atoms with Crippen LogP contribution in [0.2, 0.25) is 0 Å². The number of amides is 1. The normalized spacial score (nSPS) is 11.1. The summed E-state index contributed by atoms with van der Waals surface area (Å²) in [4.78, 5) is 14.7. The Kier molecular flexibility index (Phi) is 4.66. The standard InChI is InChI=1S/C18H21N3O3/c1-13-8-16-9-15(4-5-17(16)24-13)18(22)21(6-7-23-3)12-14-10-19-20(2)11-14/h4-5,8-11H,6-7,12H2,1-3H3. The van der Waals surface area contributed by atoms with Crippen LogP contribution in [-0.2, 0) is 18.3 Å². The molecule has 0 aliphatic rings. The van der Waals surface area contributed by atoms with Crippen molar-refractivity contribution >= 4 is 16.9 Å². The molecule has 1 aromatic carbocycles. The van der Waals surface area contributed by atoms with Crippen LogP contribution in [0.5, 0.6) is 0 Å². The van der Waals surface area contributed by atoms with E-state index in [4.69, 9.17) is 9.15 Å². The lowest BCUT2D eigenvalue weighted by Gasteiger charge is -2.22. The smallest absolute Gasteiger partial charge is 0.254 e. The molecule has 0 aliphatic heterocycles. The second kappa shape index (κ2) is 6.88. The zero-order valence-electron chi connectivity index (χ0n) is 14.2. The number of methoxy groups -OCH3 is 1. The summed E-state index contributed by atoms with van der Waals surface area (Å²) >= 11 is 0. The van der Waals surface area contributed by atoms with E-state index < -0.39 is 0 Å². The Morgan fingerprint density at radius 1 is 1.38 bits per heavy atom. The second-order valence-electron chi connectivity index (χ2n) is 5.85. The van der Waals surface area contributed by atoms with Crippen molar-refractivity contribution in [2.45, 2.75) is 13.5 Å². The van der Waals surface area contributed by atoms with Crippen molar-refractivity contribution in [1.29, 1.82) is 0 Å². The van der Waals surface area contributed by atoms with Gasteiger partial charge in [-0.2, -0.15) is 5.10 Å². The lowest BCUT2D eigenvalue weighted by molar-refractivity contribution is 0.0680. The van der Waals surface area contributed by atoms with Crippen molar-refractivity contribution in [1.82, 2.24) is 14.7 Å². The molecule has 3 aromatic rings. The first-order valence-corrected chi connectivity index (χ1v) is 7.83. The van der Waals surface area contributed by atoms with Gasteiger partial charge in [-0.25, -0.2) is 0 Å². The maximum atomic E-state index is 12.9. The molecular weight excluding hydrogens is 306 g/mol. The number of aromatic nitrogens is 2. The summed E-state index contributed by atoms with van der Waals surface area (Å²) < 4.78 is 12.4. The van der Waals surface area contributed by atoms with Gasteiger partial charge < -0.3 is 14.1 Å². The minimum absolute atomic E-state index is 0.0309. The summed E-state index contributed by atoms with van der Waals surface area (Å²) in [6.45, 7) is 3.40. The van der Waals surface area contributed by atoms with E-state index in [1.54, 1.807) is 29.0 Å². The number of furan rings is 1. The monoisotopic (exact) mass is 327 g/mol. The molecule has 6 heteroatoms. The highest BCUT2D eigenvalue weighted by atomic mass is 16.5. The number of hydrogen-bond donors (Lipinski definition) is 0. The van der Waals surface area contributed by atoms with E-state index in [1.165, 1.54) is 0 Å². The molecule has 126 valence electrons. The first kappa shape index (κ1) is 16.3. The second-order valence-corrected chi connectivity index (χ2v) is 5.85. The molecule has 0 saturated carbocycles. The Bertz CT molecular complexity index is 850. The number of hydrogen-bond acceptors (Lipinski definition) is 4. The lowest BCUT2D eigenvalue weighted by atomic mass is 10.1. The highest BCUT2D eigenvalue weighted by Gasteiger charge is 2.17. The van der Waals surface area contributed by atoms with Gasteiger partial charge in [0.05, 0.1) is 12.8 Å². The van der Waals surface area contributed by atoms with Gasteiger partial charge >= 0.3 is 0 Å². The van der Waals surface area contributed by atoms with E-state index in [0.717, 1.165) is 22.3 Å². The minimum atomic E-state index is -0.0309. The first-order chi connectivity index (χ1) is 11.6. The molecule has 0 N–H and O–H groups in total. The highest BCUT2D eigenvalue weighted by Crippen LogP contribution is 2.21. The quantitative estimate of drug-likeness (QED) is 0.698. The lowest BCUT2D eigenvalue weighted by Crippen LogP contribution is -2.33. The van der Waals surface area contributed by atoms with Crippen LogP contribution in [0.3, 0.4) is 0 Å². The Hall–Kier alpha value is -2.60. The van der Waals surface area contributed by atoms with E-state index in [-0.39, 0.29) is 5.91 Å². The Morgan fingerprint density at radius 2 is 2.21 bits per heavy atom. The maximum Gasteiger partial charge on any atom is 0.254 e. The maximum absolute atomic E-state index is 12.9. The zero-order valence-corrected chi connectivity index (χ0v) is 14.2. The van der Waals surface area contributed by atoms with Gasteiger partial charge in [-0.15, -0.1) is 0 Å². The average Bonchev–Trinajstić information content (AvgIpc) is 3.14. The Morgan fingerprint density at radius 3 is 2.92 bits per heavy atom. The topological polar surface area (TPSA) is 60.5 Å². The van der Waals surface area contributed by atoms with Gasteiger partial charge in [0.15, 0.2) is 0 Å². The summed E-state index contributed by atoms with van der Waals surface area (Å²) in [5.74, 6) is 0.804. The van der Waals surface area contributed by atoms with E-state index in [1.807, 2.05) is 38.4 Å². The number of nitrogens with zero attached hydrogens (tertiary/aromatic N) is 3. The number of carbonyl (C=O) groups excluding carboxylic acids is 1. The van der Waals surface area contributed by atoms with Gasteiger partial charge in [0.1, 0.15) is 11.3 Å². The number of rotatable bonds is 6. The Labute approximate surface area is 140 Å². The van der Waals surface area contributed by atoms with E-state index >= 15 is 0 Å². The average molecular weight is 327 g/mol. The molecule has 0 bridgehead atoms. The fourth-order valence-electron chi connectivity index (χ4n) is 2.72. The summed E-state index contributed by atoms with van der Waals surface area (Å²) in [5.41, 5.74) is 2.42. The van der Waals surface area contributed by atoms with Crippen molar-refractivity contribution in [3.63, 3.8) is 0 Å². The van der Waals surface area contributed by atoms with Crippen LogP contribution >= 0.6 is 0 Å². The van der Waals surface area contributed by atoms with E-state index in [2.05, 4.69) is 5.10 Å². The molecule has 2 aromatic heterocycles. The van der Waals surface area contributed by atoms with Crippen molar-refractivity contribution in [3.8, 4) is 0 Å². The van der Waals surface area contributed by atoms with Gasteiger partial charge in [-0.05, 0) is 31.2 Å². The van der Waals surface area contributed by atoms with Crippen LogP contribution in [0.1, 0.15) is 21.7 Å². The molecule has 0 aliphatic carbocycles. The molecule has 24 heavy (non-hydrogen) atoms. The van der Waals surface area contributed by atoms with Crippen LogP contribution in [0.25, 0.3) is 11.0 Å². The zero-order chi connectivity index (χ0) is 17.1. The van der Waals surface area contributed by atoms with Crippen molar-refractivity contribution in [2.24, 2.45) is 7.05 Å². The summed E-state index contributed by atoms with van der Waals surface area (Å²) in [6, 6.07) is 7.45. The number of benzene rings is 1. The SMILES string of the molecule is COCCN(Cc1cnn(C)c1)C(=O)c1ccc2oc(C)cc2c1. The van der Waals surface area contributed by atoms with Crippen molar-refractivity contribution in [3.05, 3.63) is 53.5 Å². The molecule has 3 rings (SSSR count). The molecule has 0 unspecified atom stereocenters. The molecule has 0 atom stereocenters. The number of carbonyl (C=O) groups is 1. The van der Waals surface area contributed by atoms with Crippen molar-refractivity contribution < 1.29 is 13.9 Å². The summed E-state index contributed by atoms with van der Waals surface area (Å²) in [5, 5.41) is 5.10. The third-order valence-corrected chi connectivity index (χ3v) is 3.87. The summed E-state index contributed by atoms with van der Waals surface area (Å²) in [6.07, 6.45) is 3.69. The van der Waals surface area contributed by atoms with Crippen LogP contribution in [0.4, 0.5) is 0 Å². The number of ether oxygens (including phenoxy) is 1. The first-order valence-electron chi connectivity index (χ1n) is 7.83. The molecule has 0 spiro atoms. The molecule has 6 nitrogen and oxygen atoms in total. The highest BCUT2D eigenvalue weighted by molar-refractivity contribution is 5.97. The summed E-state index contributed by atoms with van der Waals surface area (Å²) in [7, 11) is 3.49. The van der Waals surface area contributed by atoms with Gasteiger partial charge in [0.25, 0.3) is 5.91 Å². The van der Waals surface area contributed by atoms with Gasteiger partial charge in [0.2, 0.25) is 0 Å². The molecular formula is C18H21N3O3. The van der Waals surface area contributed by atoms with Gasteiger partial charge in [-0.3, -0.25) is 9.48 Å². The molecule has 0 radical (unpaired) electrons. The minimum Gasteiger partial charge on any atom is -0.461 e. The van der Waals surface area contributed by atoms with Crippen LogP contribution < -0.4 is 0 Å². The van der Waals surface area contributed by atoms with E-state index in [0.29, 0.717) is 25.3 Å². The fourth-order valence-corrected chi connectivity index (χ4v) is 2.72. The molecule has 1 amide bonds. The predicted molar refractivity (Wildman–Crippen MR) is 90.8 cm³/mol. The van der Waals surface area contributed by atoms with E-state index in [9.17, 15) is 4.79 Å². The van der Waals surface area contributed by atoms with Crippen LogP contribution in [-0.4, -0.2) is 40.8 Å². The fraction of sp³-hybridized carbons (Fsp3) is 0.333. The predicted octanol–water partition coefficient (Wildman–Crippen LogP) is 2.76. The van der Waals surface area contributed by atoms with Crippen molar-refractivity contribution in [2.75, 3.05) is 20.3 Å².